The zero-order valence-corrected chi connectivity index (χ0v) is 27.8. The van der Waals surface area contributed by atoms with Gasteiger partial charge >= 0.3 is 0 Å². The van der Waals surface area contributed by atoms with E-state index in [-0.39, 0.29) is 46.4 Å². The zero-order chi connectivity index (χ0) is 33.1. The molecule has 2 saturated carbocycles. The van der Waals surface area contributed by atoms with Crippen LogP contribution in [-0.4, -0.2) is 51.7 Å². The van der Waals surface area contributed by atoms with Crippen molar-refractivity contribution in [2.24, 2.45) is 17.8 Å². The molecule has 6 bridgehead atoms. The maximum Gasteiger partial charge on any atom is 0.293 e. The number of benzene rings is 1. The summed E-state index contributed by atoms with van der Waals surface area (Å²) in [7, 11) is 0. The third-order valence-corrected chi connectivity index (χ3v) is 11.6. The number of hydrogen-bond acceptors (Lipinski definition) is 8. The third kappa shape index (κ3) is 3.91. The highest BCUT2D eigenvalue weighted by Gasteiger charge is 2.81. The molecule has 3 aliphatic heterocycles. The van der Waals surface area contributed by atoms with Crippen molar-refractivity contribution in [1.82, 2.24) is 0 Å². The van der Waals surface area contributed by atoms with Gasteiger partial charge in [-0.2, -0.15) is 0 Å². The van der Waals surface area contributed by atoms with Gasteiger partial charge in [-0.05, 0) is 98.6 Å². The summed E-state index contributed by atoms with van der Waals surface area (Å²) in [6, 6.07) is 0. The number of phenols is 1. The van der Waals surface area contributed by atoms with Crippen molar-refractivity contribution in [2.45, 2.75) is 115 Å². The standard InChI is InChI=1S/C38H44O8/c1-19(2)9-10-24-32-28(25-17-36(8,44-32)13-12-23(25)20(3)4)31(41)29-30(40)26-15-22-16-27-35(6,7)46-37(34(22)42,14-11-21(5)43-18-39)38(26,27)45-33(24)29/h9,11,14-15,18,21-23,25,27,41H,3,10,12-13,16-17H2,1-2,4-8H3/b14-11+/t21?,22?,23-,25?,27?,36-,37-,38+/m0/s1. The Morgan fingerprint density at radius 1 is 1.17 bits per heavy atom. The Bertz CT molecular complexity index is 1690. The Morgan fingerprint density at radius 3 is 2.59 bits per heavy atom. The fraction of sp³-hybridized carbons (Fsp3) is 0.553. The second-order valence-electron chi connectivity index (χ2n) is 15.4. The van der Waals surface area contributed by atoms with Gasteiger partial charge in [-0.1, -0.05) is 29.9 Å². The summed E-state index contributed by atoms with van der Waals surface area (Å²) in [6.07, 6.45) is 9.74. The molecule has 4 aliphatic carbocycles. The molecule has 244 valence electrons. The molecular weight excluding hydrogens is 584 g/mol. The highest BCUT2D eigenvalue weighted by molar-refractivity contribution is 6.19. The average Bonchev–Trinajstić information content (AvgIpc) is 3.12. The van der Waals surface area contributed by atoms with Crippen LogP contribution >= 0.6 is 0 Å². The summed E-state index contributed by atoms with van der Waals surface area (Å²) < 4.78 is 25.9. The minimum atomic E-state index is -1.64. The fourth-order valence-corrected chi connectivity index (χ4v) is 9.52. The molecule has 1 aromatic rings. The van der Waals surface area contributed by atoms with Crippen LogP contribution in [0.5, 0.6) is 17.2 Å². The molecule has 0 radical (unpaired) electrons. The first-order chi connectivity index (χ1) is 21.6. The first-order valence-electron chi connectivity index (χ1n) is 16.5. The molecule has 0 amide bonds. The van der Waals surface area contributed by atoms with E-state index in [0.717, 1.165) is 24.0 Å². The molecule has 4 unspecified atom stereocenters. The van der Waals surface area contributed by atoms with Crippen molar-refractivity contribution < 1.29 is 38.4 Å². The van der Waals surface area contributed by atoms with E-state index in [4.69, 9.17) is 18.9 Å². The van der Waals surface area contributed by atoms with Gasteiger partial charge in [-0.25, -0.2) is 0 Å². The summed E-state index contributed by atoms with van der Waals surface area (Å²) >= 11 is 0. The number of hydrogen-bond donors (Lipinski definition) is 1. The summed E-state index contributed by atoms with van der Waals surface area (Å²) in [5.41, 5.74) is -0.480. The van der Waals surface area contributed by atoms with E-state index in [1.165, 1.54) is 0 Å². The molecule has 46 heavy (non-hydrogen) atoms. The number of fused-ring (bicyclic) bond motifs is 5. The van der Waals surface area contributed by atoms with Crippen molar-refractivity contribution in [3.63, 3.8) is 0 Å². The summed E-state index contributed by atoms with van der Waals surface area (Å²) in [4.78, 5) is 40.4. The molecule has 8 nitrogen and oxygen atoms in total. The highest BCUT2D eigenvalue weighted by Crippen LogP contribution is 2.69. The van der Waals surface area contributed by atoms with Gasteiger partial charge in [-0.3, -0.25) is 14.4 Å². The molecule has 3 fully saturated rings. The van der Waals surface area contributed by atoms with Gasteiger partial charge in [0.15, 0.2) is 22.8 Å². The van der Waals surface area contributed by atoms with Gasteiger partial charge < -0.3 is 24.1 Å². The Labute approximate surface area is 270 Å². The van der Waals surface area contributed by atoms with Gasteiger partial charge in [0.2, 0.25) is 0 Å². The molecule has 8 rings (SSSR count). The van der Waals surface area contributed by atoms with E-state index in [1.54, 1.807) is 25.2 Å². The first-order valence-corrected chi connectivity index (χ1v) is 16.5. The monoisotopic (exact) mass is 628 g/mol. The van der Waals surface area contributed by atoms with E-state index in [1.807, 2.05) is 34.6 Å². The SMILES string of the molecule is C=C(C)[C@@H]1CC[C@@]2(C)CC1c1c(O)c3c(c(CC=C(C)C)c1O2)O[C@]12C(=CC4CC1C(C)(C)O[C@@]2(/C=C/C(C)OC=O)C4=O)C3=O. The number of rotatable bonds is 7. The number of carbonyl (C=O) groups excluding carboxylic acids is 3. The van der Waals surface area contributed by atoms with Crippen molar-refractivity contribution in [3.05, 3.63) is 64.3 Å². The molecule has 7 aliphatic rings. The minimum absolute atomic E-state index is 0.0650. The predicted molar refractivity (Wildman–Crippen MR) is 171 cm³/mol. The number of Topliss-reactive ketones (excluding diaryl/α,β-unsaturated/α-hetero) is 2. The van der Waals surface area contributed by atoms with Gasteiger partial charge in [0, 0.05) is 34.5 Å². The van der Waals surface area contributed by atoms with Gasteiger partial charge in [0.1, 0.15) is 34.5 Å². The maximum absolute atomic E-state index is 15.0. The lowest BCUT2D eigenvalue weighted by molar-refractivity contribution is -0.160. The number of ketones is 2. The molecule has 8 heteroatoms. The van der Waals surface area contributed by atoms with Crippen molar-refractivity contribution in [1.29, 1.82) is 0 Å². The van der Waals surface area contributed by atoms with Gasteiger partial charge in [0.25, 0.3) is 6.47 Å². The lowest BCUT2D eigenvalue weighted by Crippen LogP contribution is -2.71. The minimum Gasteiger partial charge on any atom is -0.507 e. The first kappa shape index (κ1) is 31.0. The van der Waals surface area contributed by atoms with Crippen LogP contribution < -0.4 is 9.47 Å². The van der Waals surface area contributed by atoms with Crippen molar-refractivity contribution in [3.8, 4) is 17.2 Å². The van der Waals surface area contributed by atoms with Crippen LogP contribution in [0, 0.1) is 17.8 Å². The number of allylic oxidation sites excluding steroid dienone is 4. The molecular formula is C38H44O8. The van der Waals surface area contributed by atoms with Crippen LogP contribution in [0.25, 0.3) is 0 Å². The predicted octanol–water partition coefficient (Wildman–Crippen LogP) is 6.64. The molecule has 1 saturated heterocycles. The number of carbonyl (C=O) groups is 3. The number of phenolic OH excluding ortho intramolecular Hbond substituents is 1. The average molecular weight is 629 g/mol. The summed E-state index contributed by atoms with van der Waals surface area (Å²) in [5, 5.41) is 12.2. The molecule has 1 spiro atoms. The smallest absolute Gasteiger partial charge is 0.293 e. The Morgan fingerprint density at radius 2 is 1.91 bits per heavy atom. The normalized spacial score (nSPS) is 36.5. The Hall–Kier alpha value is -3.65. The molecule has 8 atom stereocenters. The zero-order valence-electron chi connectivity index (χ0n) is 27.8. The summed E-state index contributed by atoms with van der Waals surface area (Å²) in [6.45, 7) is 18.4. The molecule has 1 N–H and O–H groups in total. The van der Waals surface area contributed by atoms with Crippen molar-refractivity contribution in [2.75, 3.05) is 0 Å². The highest BCUT2D eigenvalue weighted by atomic mass is 16.6. The second kappa shape index (κ2) is 9.93. The number of aromatic hydroxyl groups is 1. The van der Waals surface area contributed by atoms with Crippen LogP contribution in [0.1, 0.15) is 102 Å². The van der Waals surface area contributed by atoms with Gasteiger partial charge in [0.05, 0.1) is 5.60 Å². The second-order valence-corrected chi connectivity index (χ2v) is 15.4. The lowest BCUT2D eigenvalue weighted by Gasteiger charge is -2.56. The van der Waals surface area contributed by atoms with E-state index < -0.39 is 34.4 Å². The number of ether oxygens (including phenoxy) is 4. The van der Waals surface area contributed by atoms with E-state index in [2.05, 4.69) is 19.6 Å². The molecule has 0 aromatic heterocycles. The Balaban J connectivity index is 1.52. The molecule has 3 heterocycles. The lowest BCUT2D eigenvalue weighted by atomic mass is 9.51. The van der Waals surface area contributed by atoms with E-state index in [0.29, 0.717) is 48.2 Å². The van der Waals surface area contributed by atoms with Crippen molar-refractivity contribution >= 4 is 18.0 Å². The third-order valence-electron chi connectivity index (χ3n) is 11.6. The maximum atomic E-state index is 15.0. The van der Waals surface area contributed by atoms with Crippen LogP contribution in [0.4, 0.5) is 0 Å². The van der Waals surface area contributed by atoms with E-state index >= 15 is 0 Å². The van der Waals surface area contributed by atoms with Crippen LogP contribution in [-0.2, 0) is 25.5 Å². The van der Waals surface area contributed by atoms with Crippen LogP contribution in [0.3, 0.4) is 0 Å². The van der Waals surface area contributed by atoms with E-state index in [9.17, 15) is 19.5 Å². The van der Waals surface area contributed by atoms with Crippen LogP contribution in [0.2, 0.25) is 0 Å². The summed E-state index contributed by atoms with van der Waals surface area (Å²) in [5.74, 6) is -0.685. The molecule has 1 aromatic carbocycles. The van der Waals surface area contributed by atoms with Crippen LogP contribution in [0.15, 0.2) is 47.6 Å². The Kier molecular flexibility index (Phi) is 6.68. The quantitative estimate of drug-likeness (QED) is 0.265. The fourth-order valence-electron chi connectivity index (χ4n) is 9.52. The largest absolute Gasteiger partial charge is 0.507 e. The van der Waals surface area contributed by atoms with Gasteiger partial charge in [-0.15, -0.1) is 0 Å². The topological polar surface area (TPSA) is 108 Å².